The van der Waals surface area contributed by atoms with Crippen molar-refractivity contribution in [1.29, 1.82) is 5.26 Å². The summed E-state index contributed by atoms with van der Waals surface area (Å²) in [6.07, 6.45) is 7.10. The summed E-state index contributed by atoms with van der Waals surface area (Å²) in [5.41, 5.74) is 1.20. The van der Waals surface area contributed by atoms with E-state index in [2.05, 4.69) is 21.0 Å². The summed E-state index contributed by atoms with van der Waals surface area (Å²) >= 11 is 3.44. The molecule has 0 spiro atoms. The topological polar surface area (TPSA) is 80.3 Å². The van der Waals surface area contributed by atoms with Gasteiger partial charge in [0.2, 0.25) is 0 Å². The highest BCUT2D eigenvalue weighted by Crippen LogP contribution is 2.32. The normalized spacial score (nSPS) is 14.8. The number of para-hydroxylation sites is 1. The molecule has 0 saturated heterocycles. The van der Waals surface area contributed by atoms with Gasteiger partial charge in [-0.3, -0.25) is 4.79 Å². The van der Waals surface area contributed by atoms with E-state index in [0.29, 0.717) is 28.0 Å². The number of aromatic nitrogens is 2. The van der Waals surface area contributed by atoms with Gasteiger partial charge in [-0.1, -0.05) is 47.3 Å². The van der Waals surface area contributed by atoms with Gasteiger partial charge >= 0.3 is 0 Å². The Morgan fingerprint density at radius 3 is 2.83 bits per heavy atom. The average Bonchev–Trinajstić information content (AvgIpc) is 2.78. The molecule has 0 amide bonds. The molecule has 0 unspecified atom stereocenters. The van der Waals surface area contributed by atoms with Gasteiger partial charge in [0.15, 0.2) is 6.61 Å². The molecule has 3 aromatic rings. The molecule has 1 aromatic heterocycles. The first-order valence-electron chi connectivity index (χ1n) is 10.0. The van der Waals surface area contributed by atoms with Gasteiger partial charge in [0.05, 0.1) is 17.1 Å². The molecule has 30 heavy (non-hydrogen) atoms. The molecule has 1 aliphatic carbocycles. The van der Waals surface area contributed by atoms with Crippen molar-refractivity contribution < 1.29 is 4.74 Å². The predicted molar refractivity (Wildman–Crippen MR) is 120 cm³/mol. The summed E-state index contributed by atoms with van der Waals surface area (Å²) < 4.78 is 7.74. The Hall–Kier alpha value is -2.98. The molecular weight excluding hydrogens is 444 g/mol. The maximum Gasteiger partial charge on any atom is 0.282 e. The molecule has 0 radical (unpaired) electrons. The third kappa shape index (κ3) is 4.29. The number of hydrogen-bond acceptors (Lipinski definition) is 5. The van der Waals surface area contributed by atoms with Crippen LogP contribution in [0.4, 0.5) is 0 Å². The van der Waals surface area contributed by atoms with Crippen LogP contribution in [0.5, 0.6) is 5.75 Å². The van der Waals surface area contributed by atoms with Crippen LogP contribution in [0, 0.1) is 11.3 Å². The highest BCUT2D eigenvalue weighted by Gasteiger charge is 2.22. The molecule has 4 rings (SSSR count). The standard InChI is InChI=1S/C23H21BrN4O2/c24-18-10-11-20-19(14-18)23(29)28(22(27-20)16-6-2-1-3-7-16)26-15-17-8-4-5-9-21(17)30-13-12-25/h4-5,8-11,14-16H,1-3,6-7,13H2. The molecule has 0 N–H and O–H groups in total. The van der Waals surface area contributed by atoms with Gasteiger partial charge < -0.3 is 4.74 Å². The number of halogens is 1. The molecule has 2 aromatic carbocycles. The van der Waals surface area contributed by atoms with Crippen LogP contribution in [-0.4, -0.2) is 22.5 Å². The van der Waals surface area contributed by atoms with E-state index in [1.807, 2.05) is 36.4 Å². The highest BCUT2D eigenvalue weighted by molar-refractivity contribution is 9.10. The summed E-state index contributed by atoms with van der Waals surface area (Å²) in [4.78, 5) is 18.2. The Bertz CT molecular complexity index is 1190. The second-order valence-electron chi connectivity index (χ2n) is 7.31. The number of benzene rings is 2. The number of fused-ring (bicyclic) bond motifs is 1. The monoisotopic (exact) mass is 464 g/mol. The quantitative estimate of drug-likeness (QED) is 0.498. The van der Waals surface area contributed by atoms with E-state index in [-0.39, 0.29) is 18.1 Å². The zero-order chi connectivity index (χ0) is 20.9. The van der Waals surface area contributed by atoms with Crippen LogP contribution in [0.25, 0.3) is 10.9 Å². The molecule has 1 heterocycles. The number of rotatable bonds is 5. The number of ether oxygens (including phenoxy) is 1. The lowest BCUT2D eigenvalue weighted by Crippen LogP contribution is -2.25. The first kappa shape index (κ1) is 20.3. The molecule has 1 fully saturated rings. The summed E-state index contributed by atoms with van der Waals surface area (Å²) in [5.74, 6) is 1.47. The molecule has 0 bridgehead atoms. The van der Waals surface area contributed by atoms with Crippen LogP contribution in [0.1, 0.15) is 49.4 Å². The van der Waals surface area contributed by atoms with E-state index in [1.54, 1.807) is 18.3 Å². The maximum atomic E-state index is 13.3. The Kier molecular flexibility index (Phi) is 6.24. The summed E-state index contributed by atoms with van der Waals surface area (Å²) in [5, 5.41) is 13.9. The van der Waals surface area contributed by atoms with Gasteiger partial charge in [0.25, 0.3) is 5.56 Å². The van der Waals surface area contributed by atoms with Crippen LogP contribution in [-0.2, 0) is 0 Å². The minimum Gasteiger partial charge on any atom is -0.478 e. The summed E-state index contributed by atoms with van der Waals surface area (Å²) in [7, 11) is 0. The molecule has 1 saturated carbocycles. The molecule has 7 heteroatoms. The fourth-order valence-corrected chi connectivity index (χ4v) is 4.21. The van der Waals surface area contributed by atoms with Gasteiger partial charge in [0.1, 0.15) is 17.6 Å². The average molecular weight is 465 g/mol. The van der Waals surface area contributed by atoms with E-state index in [4.69, 9.17) is 15.0 Å². The molecule has 0 atom stereocenters. The van der Waals surface area contributed by atoms with Crippen LogP contribution in [0.15, 0.2) is 56.8 Å². The van der Waals surface area contributed by atoms with Gasteiger partial charge in [0, 0.05) is 16.0 Å². The summed E-state index contributed by atoms with van der Waals surface area (Å²) in [6.45, 7) is -0.0519. The Morgan fingerprint density at radius 2 is 2.03 bits per heavy atom. The number of hydrogen-bond donors (Lipinski definition) is 0. The maximum absolute atomic E-state index is 13.3. The summed E-state index contributed by atoms with van der Waals surface area (Å²) in [6, 6.07) is 14.8. The van der Waals surface area contributed by atoms with E-state index >= 15 is 0 Å². The smallest absolute Gasteiger partial charge is 0.282 e. The van der Waals surface area contributed by atoms with E-state index < -0.39 is 0 Å². The van der Waals surface area contributed by atoms with Crippen molar-refractivity contribution in [2.45, 2.75) is 38.0 Å². The Morgan fingerprint density at radius 1 is 1.23 bits per heavy atom. The second kappa shape index (κ2) is 9.23. The number of nitriles is 1. The largest absolute Gasteiger partial charge is 0.478 e. The molecule has 152 valence electrons. The second-order valence-corrected chi connectivity index (χ2v) is 8.23. The Balaban J connectivity index is 1.83. The van der Waals surface area contributed by atoms with Crippen molar-refractivity contribution in [1.82, 2.24) is 9.66 Å². The fraction of sp³-hybridized carbons (Fsp3) is 0.304. The first-order valence-corrected chi connectivity index (χ1v) is 10.8. The molecule has 0 aliphatic heterocycles. The van der Waals surface area contributed by atoms with Crippen molar-refractivity contribution >= 4 is 33.0 Å². The lowest BCUT2D eigenvalue weighted by molar-refractivity contribution is 0.367. The number of nitrogens with zero attached hydrogens (tertiary/aromatic N) is 4. The van der Waals surface area contributed by atoms with Gasteiger partial charge in [-0.15, -0.1) is 0 Å². The van der Waals surface area contributed by atoms with E-state index in [0.717, 1.165) is 30.2 Å². The molecule has 1 aliphatic rings. The highest BCUT2D eigenvalue weighted by atomic mass is 79.9. The molecule has 6 nitrogen and oxygen atoms in total. The zero-order valence-corrected chi connectivity index (χ0v) is 18.0. The zero-order valence-electron chi connectivity index (χ0n) is 16.4. The van der Waals surface area contributed by atoms with Crippen LogP contribution in [0.3, 0.4) is 0 Å². The van der Waals surface area contributed by atoms with Gasteiger partial charge in [-0.25, -0.2) is 4.98 Å². The van der Waals surface area contributed by atoms with Crippen molar-refractivity contribution in [2.24, 2.45) is 5.10 Å². The minimum atomic E-state index is -0.187. The van der Waals surface area contributed by atoms with Gasteiger partial charge in [-0.05, 0) is 43.2 Å². The van der Waals surface area contributed by atoms with Crippen molar-refractivity contribution in [3.63, 3.8) is 0 Å². The SMILES string of the molecule is N#CCOc1ccccc1C=Nn1c(C2CCCCC2)nc2ccc(Br)cc2c1=O. The third-order valence-electron chi connectivity index (χ3n) is 5.33. The van der Waals surface area contributed by atoms with Crippen LogP contribution in [0.2, 0.25) is 0 Å². The fourth-order valence-electron chi connectivity index (χ4n) is 3.85. The van der Waals surface area contributed by atoms with Crippen molar-refractivity contribution in [3.8, 4) is 11.8 Å². The van der Waals surface area contributed by atoms with Crippen LogP contribution < -0.4 is 10.3 Å². The lowest BCUT2D eigenvalue weighted by atomic mass is 9.88. The molecular formula is C23H21BrN4O2. The third-order valence-corrected chi connectivity index (χ3v) is 5.82. The Labute approximate surface area is 182 Å². The van der Waals surface area contributed by atoms with Crippen molar-refractivity contribution in [3.05, 3.63) is 68.7 Å². The predicted octanol–water partition coefficient (Wildman–Crippen LogP) is 4.99. The first-order chi connectivity index (χ1) is 14.7. The van der Waals surface area contributed by atoms with E-state index in [9.17, 15) is 4.79 Å². The van der Waals surface area contributed by atoms with Crippen molar-refractivity contribution in [2.75, 3.05) is 6.61 Å². The minimum absolute atomic E-state index is 0.0519. The van der Waals surface area contributed by atoms with E-state index in [1.165, 1.54) is 11.1 Å². The van der Waals surface area contributed by atoms with Gasteiger partial charge in [-0.2, -0.15) is 15.0 Å². The van der Waals surface area contributed by atoms with Crippen LogP contribution >= 0.6 is 15.9 Å². The lowest BCUT2D eigenvalue weighted by Gasteiger charge is -2.22.